The minimum atomic E-state index is -0.201. The van der Waals surface area contributed by atoms with Crippen LogP contribution in [0.3, 0.4) is 0 Å². The van der Waals surface area contributed by atoms with Crippen LogP contribution in [0.1, 0.15) is 21.5 Å². The highest BCUT2D eigenvalue weighted by Gasteiger charge is 2.09. The first-order valence-corrected chi connectivity index (χ1v) is 7.14. The zero-order chi connectivity index (χ0) is 16.2. The van der Waals surface area contributed by atoms with Gasteiger partial charge in [0.15, 0.2) is 0 Å². The van der Waals surface area contributed by atoms with Gasteiger partial charge in [0.1, 0.15) is 12.7 Å². The Morgan fingerprint density at radius 1 is 1.22 bits per heavy atom. The summed E-state index contributed by atoms with van der Waals surface area (Å²) in [6, 6.07) is 12.6. The van der Waals surface area contributed by atoms with E-state index in [0.29, 0.717) is 11.3 Å². The van der Waals surface area contributed by atoms with Crippen LogP contribution in [0.2, 0.25) is 0 Å². The van der Waals surface area contributed by atoms with Crippen LogP contribution in [0, 0.1) is 6.92 Å². The lowest BCUT2D eigenvalue weighted by molar-refractivity contribution is 0.102. The summed E-state index contributed by atoms with van der Waals surface area (Å²) in [4.78, 5) is 16.2. The summed E-state index contributed by atoms with van der Waals surface area (Å²) in [5, 5.41) is 16.1. The molecule has 23 heavy (non-hydrogen) atoms. The molecule has 0 aliphatic heterocycles. The van der Waals surface area contributed by atoms with E-state index in [9.17, 15) is 9.90 Å². The van der Waals surface area contributed by atoms with Crippen molar-refractivity contribution in [2.45, 2.75) is 13.5 Å². The van der Waals surface area contributed by atoms with Gasteiger partial charge in [0.05, 0.1) is 12.3 Å². The summed E-state index contributed by atoms with van der Waals surface area (Å²) in [6.45, 7) is 1.85. The van der Waals surface area contributed by atoms with Gasteiger partial charge in [-0.1, -0.05) is 12.1 Å². The largest absolute Gasteiger partial charge is 0.392 e. The molecule has 0 fully saturated rings. The Balaban J connectivity index is 1.78. The lowest BCUT2D eigenvalue weighted by atomic mass is 10.1. The molecule has 116 valence electrons. The molecule has 2 aromatic carbocycles. The number of rotatable bonds is 4. The maximum absolute atomic E-state index is 12.4. The van der Waals surface area contributed by atoms with Gasteiger partial charge in [0.25, 0.3) is 5.91 Å². The first kappa shape index (κ1) is 14.9. The summed E-state index contributed by atoms with van der Waals surface area (Å²) in [7, 11) is 0. The van der Waals surface area contributed by atoms with Gasteiger partial charge in [-0.3, -0.25) is 4.79 Å². The molecule has 3 rings (SSSR count). The summed E-state index contributed by atoms with van der Waals surface area (Å²) in [6.07, 6.45) is 3.05. The minimum absolute atomic E-state index is 0.0598. The molecule has 1 aromatic heterocycles. The highest BCUT2D eigenvalue weighted by molar-refractivity contribution is 6.04. The Morgan fingerprint density at radius 2 is 2.00 bits per heavy atom. The lowest BCUT2D eigenvalue weighted by Crippen LogP contribution is -2.13. The fourth-order valence-electron chi connectivity index (χ4n) is 2.20. The number of amides is 1. The molecule has 0 spiro atoms. The molecule has 0 radical (unpaired) electrons. The fourth-order valence-corrected chi connectivity index (χ4v) is 2.20. The maximum Gasteiger partial charge on any atom is 0.255 e. The third kappa shape index (κ3) is 3.27. The number of benzene rings is 2. The van der Waals surface area contributed by atoms with Gasteiger partial charge >= 0.3 is 0 Å². The first-order chi connectivity index (χ1) is 11.2. The van der Waals surface area contributed by atoms with Gasteiger partial charge in [-0.25, -0.2) is 9.67 Å². The number of aromatic nitrogens is 3. The van der Waals surface area contributed by atoms with Gasteiger partial charge in [-0.05, 0) is 48.4 Å². The highest BCUT2D eigenvalue weighted by Crippen LogP contribution is 2.18. The number of nitrogens with one attached hydrogen (secondary N) is 1. The molecule has 0 saturated heterocycles. The van der Waals surface area contributed by atoms with Crippen molar-refractivity contribution in [3.63, 3.8) is 0 Å². The Labute approximate surface area is 133 Å². The molecule has 6 nitrogen and oxygen atoms in total. The Hall–Kier alpha value is -2.99. The normalized spacial score (nSPS) is 10.5. The lowest BCUT2D eigenvalue weighted by Gasteiger charge is -2.10. The summed E-state index contributed by atoms with van der Waals surface area (Å²) in [5.41, 5.74) is 3.77. The van der Waals surface area contributed by atoms with Crippen molar-refractivity contribution >= 4 is 11.6 Å². The minimum Gasteiger partial charge on any atom is -0.392 e. The topological polar surface area (TPSA) is 80.0 Å². The standard InChI is InChI=1S/C17H16N4O2/c1-12-2-3-13(9-22)8-16(12)20-17(23)14-4-6-15(7-5-14)21-11-18-10-19-21/h2-8,10-11,22H,9H2,1H3,(H,20,23). The number of carbonyl (C=O) groups is 1. The van der Waals surface area contributed by atoms with Gasteiger partial charge in [0.2, 0.25) is 0 Å². The number of hydrogen-bond acceptors (Lipinski definition) is 4. The van der Waals surface area contributed by atoms with E-state index in [2.05, 4.69) is 15.4 Å². The molecule has 1 heterocycles. The number of aryl methyl sites for hydroxylation is 1. The Morgan fingerprint density at radius 3 is 2.65 bits per heavy atom. The molecule has 0 saturated carbocycles. The van der Waals surface area contributed by atoms with E-state index in [1.54, 1.807) is 41.3 Å². The average Bonchev–Trinajstić information content (AvgIpc) is 3.11. The smallest absolute Gasteiger partial charge is 0.255 e. The Bertz CT molecular complexity index is 811. The molecule has 0 unspecified atom stereocenters. The predicted molar refractivity (Wildman–Crippen MR) is 86.4 cm³/mol. The van der Waals surface area contributed by atoms with E-state index in [0.717, 1.165) is 16.8 Å². The molecule has 0 aliphatic rings. The Kier molecular flexibility index (Phi) is 4.16. The molecule has 3 aromatic rings. The second kappa shape index (κ2) is 6.41. The van der Waals surface area contributed by atoms with Crippen molar-refractivity contribution in [2.75, 3.05) is 5.32 Å². The van der Waals surface area contributed by atoms with Crippen molar-refractivity contribution in [1.82, 2.24) is 14.8 Å². The molecule has 1 amide bonds. The molecular weight excluding hydrogens is 292 g/mol. The number of carbonyl (C=O) groups excluding carboxylic acids is 1. The van der Waals surface area contributed by atoms with Crippen LogP contribution in [0.25, 0.3) is 5.69 Å². The van der Waals surface area contributed by atoms with Crippen LogP contribution in [0.15, 0.2) is 55.1 Å². The summed E-state index contributed by atoms with van der Waals surface area (Å²) < 4.78 is 1.62. The number of hydrogen-bond donors (Lipinski definition) is 2. The quantitative estimate of drug-likeness (QED) is 0.775. The van der Waals surface area contributed by atoms with Gasteiger partial charge in [-0.15, -0.1) is 0 Å². The first-order valence-electron chi connectivity index (χ1n) is 7.14. The number of aliphatic hydroxyl groups is 1. The highest BCUT2D eigenvalue weighted by atomic mass is 16.3. The van der Waals surface area contributed by atoms with Crippen molar-refractivity contribution in [3.05, 3.63) is 71.8 Å². The molecule has 2 N–H and O–H groups in total. The van der Waals surface area contributed by atoms with Gasteiger partial charge in [0, 0.05) is 11.3 Å². The predicted octanol–water partition coefficient (Wildman–Crippen LogP) is 2.32. The van der Waals surface area contributed by atoms with Crippen LogP contribution < -0.4 is 5.32 Å². The van der Waals surface area contributed by atoms with Crippen LogP contribution >= 0.6 is 0 Å². The van der Waals surface area contributed by atoms with E-state index in [1.165, 1.54) is 6.33 Å². The molecule has 0 bridgehead atoms. The molecular formula is C17H16N4O2. The SMILES string of the molecule is Cc1ccc(CO)cc1NC(=O)c1ccc(-n2cncn2)cc1. The van der Waals surface area contributed by atoms with Crippen LogP contribution in [-0.2, 0) is 6.61 Å². The van der Waals surface area contributed by atoms with E-state index in [4.69, 9.17) is 0 Å². The van der Waals surface area contributed by atoms with Crippen molar-refractivity contribution in [1.29, 1.82) is 0 Å². The van der Waals surface area contributed by atoms with Crippen molar-refractivity contribution < 1.29 is 9.90 Å². The van der Waals surface area contributed by atoms with Gasteiger partial charge in [-0.2, -0.15) is 5.10 Å². The van der Waals surface area contributed by atoms with Crippen molar-refractivity contribution in [2.24, 2.45) is 0 Å². The third-order valence-electron chi connectivity index (χ3n) is 3.55. The number of anilines is 1. The van der Waals surface area contributed by atoms with Gasteiger partial charge < -0.3 is 10.4 Å². The van der Waals surface area contributed by atoms with E-state index >= 15 is 0 Å². The fraction of sp³-hybridized carbons (Fsp3) is 0.118. The third-order valence-corrected chi connectivity index (χ3v) is 3.55. The number of aliphatic hydroxyl groups excluding tert-OH is 1. The second-order valence-corrected chi connectivity index (χ2v) is 5.15. The molecule has 6 heteroatoms. The summed E-state index contributed by atoms with van der Waals surface area (Å²) in [5.74, 6) is -0.201. The monoisotopic (exact) mass is 308 g/mol. The van der Waals surface area contributed by atoms with E-state index in [-0.39, 0.29) is 12.5 Å². The van der Waals surface area contributed by atoms with E-state index in [1.807, 2.05) is 19.1 Å². The average molecular weight is 308 g/mol. The summed E-state index contributed by atoms with van der Waals surface area (Å²) >= 11 is 0. The number of nitrogens with zero attached hydrogens (tertiary/aromatic N) is 3. The zero-order valence-electron chi connectivity index (χ0n) is 12.6. The maximum atomic E-state index is 12.4. The zero-order valence-corrected chi connectivity index (χ0v) is 12.6. The molecule has 0 aliphatic carbocycles. The van der Waals surface area contributed by atoms with Crippen LogP contribution in [0.4, 0.5) is 5.69 Å². The van der Waals surface area contributed by atoms with Crippen LogP contribution in [-0.4, -0.2) is 25.8 Å². The second-order valence-electron chi connectivity index (χ2n) is 5.15. The van der Waals surface area contributed by atoms with Crippen molar-refractivity contribution in [3.8, 4) is 5.69 Å². The van der Waals surface area contributed by atoms with E-state index < -0.39 is 0 Å². The van der Waals surface area contributed by atoms with Crippen LogP contribution in [0.5, 0.6) is 0 Å². The molecule has 0 atom stereocenters.